The maximum Gasteiger partial charge on any atom is 0.136 e. The predicted octanol–water partition coefficient (Wildman–Crippen LogP) is 3.46. The van der Waals surface area contributed by atoms with Crippen LogP contribution in [0.15, 0.2) is 47.5 Å². The van der Waals surface area contributed by atoms with Crippen LogP contribution in [0.4, 0.5) is 8.78 Å². The van der Waals surface area contributed by atoms with E-state index in [1.54, 1.807) is 6.07 Å². The Hall–Kier alpha value is -2.54. The molecule has 4 heteroatoms. The average molecular weight is 256 g/mol. The Balaban J connectivity index is 2.18. The lowest BCUT2D eigenvalue weighted by Crippen LogP contribution is -1.96. The Labute approximate surface area is 109 Å². The highest BCUT2D eigenvalue weighted by molar-refractivity contribution is 5.80. The van der Waals surface area contributed by atoms with Crippen LogP contribution in [0.2, 0.25) is 0 Å². The van der Waals surface area contributed by atoms with E-state index < -0.39 is 11.6 Å². The van der Waals surface area contributed by atoms with E-state index in [-0.39, 0.29) is 11.1 Å². The second-order valence-corrected chi connectivity index (χ2v) is 3.92. The zero-order valence-corrected chi connectivity index (χ0v) is 9.98. The molecule has 0 aliphatic rings. The molecule has 2 rings (SSSR count). The molecule has 0 aromatic heterocycles. The molecular formula is C15H10F2N2. The highest BCUT2D eigenvalue weighted by Gasteiger charge is 2.08. The van der Waals surface area contributed by atoms with Crippen molar-refractivity contribution in [3.63, 3.8) is 0 Å². The normalized spacial score (nSPS) is 10.6. The van der Waals surface area contributed by atoms with Crippen LogP contribution < -0.4 is 0 Å². The number of nitriles is 1. The Bertz CT molecular complexity index is 620. The first-order chi connectivity index (χ1) is 9.20. The zero-order chi connectivity index (χ0) is 13.7. The summed E-state index contributed by atoms with van der Waals surface area (Å²) in [6.45, 7) is 0.347. The van der Waals surface area contributed by atoms with Crippen LogP contribution in [0.5, 0.6) is 0 Å². The lowest BCUT2D eigenvalue weighted by atomic mass is 10.1. The molecular weight excluding hydrogens is 246 g/mol. The van der Waals surface area contributed by atoms with E-state index in [0.29, 0.717) is 6.54 Å². The van der Waals surface area contributed by atoms with Gasteiger partial charge in [-0.15, -0.1) is 0 Å². The van der Waals surface area contributed by atoms with Crippen molar-refractivity contribution < 1.29 is 8.78 Å². The summed E-state index contributed by atoms with van der Waals surface area (Å²) < 4.78 is 27.1. The van der Waals surface area contributed by atoms with Crippen molar-refractivity contribution in [1.82, 2.24) is 0 Å². The summed E-state index contributed by atoms with van der Waals surface area (Å²) >= 11 is 0. The van der Waals surface area contributed by atoms with Gasteiger partial charge in [0.1, 0.15) is 11.6 Å². The number of halogens is 2. The zero-order valence-electron chi connectivity index (χ0n) is 9.98. The molecule has 0 radical (unpaired) electrons. The molecule has 0 amide bonds. The van der Waals surface area contributed by atoms with Crippen LogP contribution in [0, 0.1) is 23.0 Å². The summed E-state index contributed by atoms with van der Waals surface area (Å²) in [6.07, 6.45) is 1.15. The molecule has 2 aromatic rings. The molecule has 0 heterocycles. The van der Waals surface area contributed by atoms with Gasteiger partial charge in [0, 0.05) is 6.21 Å². The molecule has 94 valence electrons. The number of aliphatic imine (C=N–C) groups is 1. The molecule has 0 unspecified atom stereocenters. The first-order valence-electron chi connectivity index (χ1n) is 5.63. The van der Waals surface area contributed by atoms with Crippen LogP contribution in [-0.2, 0) is 6.54 Å². The summed E-state index contributed by atoms with van der Waals surface area (Å²) in [7, 11) is 0. The second kappa shape index (κ2) is 5.87. The van der Waals surface area contributed by atoms with E-state index >= 15 is 0 Å². The number of nitrogens with zero attached hydrogens (tertiary/aromatic N) is 2. The van der Waals surface area contributed by atoms with Crippen molar-refractivity contribution in [3.05, 3.63) is 70.8 Å². The Morgan fingerprint density at radius 3 is 2.32 bits per heavy atom. The molecule has 0 saturated heterocycles. The summed E-state index contributed by atoms with van der Waals surface area (Å²) in [5.74, 6) is -1.57. The molecule has 0 fully saturated rings. The first-order valence-corrected chi connectivity index (χ1v) is 5.63. The molecule has 0 bridgehead atoms. The van der Waals surface area contributed by atoms with Crippen LogP contribution in [0.25, 0.3) is 0 Å². The molecule has 0 saturated carbocycles. The largest absolute Gasteiger partial charge is 0.288 e. The molecule has 0 N–H and O–H groups in total. The van der Waals surface area contributed by atoms with Gasteiger partial charge in [-0.3, -0.25) is 4.99 Å². The fourth-order valence-corrected chi connectivity index (χ4v) is 1.60. The molecule has 19 heavy (non-hydrogen) atoms. The van der Waals surface area contributed by atoms with Crippen molar-refractivity contribution in [2.75, 3.05) is 0 Å². The number of hydrogen-bond acceptors (Lipinski definition) is 2. The van der Waals surface area contributed by atoms with Crippen molar-refractivity contribution in [2.24, 2.45) is 4.99 Å². The fourth-order valence-electron chi connectivity index (χ4n) is 1.60. The van der Waals surface area contributed by atoms with Gasteiger partial charge >= 0.3 is 0 Å². The minimum Gasteiger partial charge on any atom is -0.288 e. The lowest BCUT2D eigenvalue weighted by molar-refractivity contribution is 0.579. The Kier molecular flexibility index (Phi) is 3.99. The third-order valence-corrected chi connectivity index (χ3v) is 2.55. The van der Waals surface area contributed by atoms with Gasteiger partial charge in [-0.2, -0.15) is 5.26 Å². The summed E-state index contributed by atoms with van der Waals surface area (Å²) in [6, 6.07) is 13.1. The minimum atomic E-state index is -0.784. The third kappa shape index (κ3) is 3.23. The van der Waals surface area contributed by atoms with Gasteiger partial charge in [-0.05, 0) is 17.7 Å². The minimum absolute atomic E-state index is 0.0461. The van der Waals surface area contributed by atoms with Crippen molar-refractivity contribution in [1.29, 1.82) is 5.26 Å². The number of rotatable bonds is 3. The number of hydrogen-bond donors (Lipinski definition) is 0. The Morgan fingerprint density at radius 2 is 1.74 bits per heavy atom. The predicted molar refractivity (Wildman–Crippen MR) is 68.8 cm³/mol. The van der Waals surface area contributed by atoms with Crippen molar-refractivity contribution in [2.45, 2.75) is 6.54 Å². The lowest BCUT2D eigenvalue weighted by Gasteiger charge is -2.00. The van der Waals surface area contributed by atoms with E-state index in [1.807, 2.05) is 30.3 Å². The molecule has 2 nitrogen and oxygen atoms in total. The second-order valence-electron chi connectivity index (χ2n) is 3.92. The topological polar surface area (TPSA) is 36.1 Å². The monoisotopic (exact) mass is 256 g/mol. The van der Waals surface area contributed by atoms with Gasteiger partial charge in [0.25, 0.3) is 0 Å². The van der Waals surface area contributed by atoms with Crippen LogP contribution in [0.1, 0.15) is 16.7 Å². The van der Waals surface area contributed by atoms with Gasteiger partial charge in [0.2, 0.25) is 0 Å². The highest BCUT2D eigenvalue weighted by atomic mass is 19.1. The van der Waals surface area contributed by atoms with Gasteiger partial charge < -0.3 is 0 Å². The molecule has 0 aliphatic carbocycles. The smallest absolute Gasteiger partial charge is 0.136 e. The maximum atomic E-state index is 13.5. The molecule has 0 aliphatic heterocycles. The molecule has 0 atom stereocenters. The first kappa shape index (κ1) is 12.9. The van der Waals surface area contributed by atoms with Crippen molar-refractivity contribution in [3.8, 4) is 6.07 Å². The van der Waals surface area contributed by atoms with Crippen molar-refractivity contribution >= 4 is 6.21 Å². The SMILES string of the molecule is N#Cc1cc(F)c(C=NCc2ccccc2)c(F)c1. The number of benzene rings is 2. The Morgan fingerprint density at radius 1 is 1.11 bits per heavy atom. The highest BCUT2D eigenvalue weighted by Crippen LogP contribution is 2.13. The standard InChI is InChI=1S/C15H10F2N2/c16-14-6-12(8-18)7-15(17)13(14)10-19-9-11-4-2-1-3-5-11/h1-7,10H,9H2. The van der Waals surface area contributed by atoms with Gasteiger partial charge in [0.15, 0.2) is 0 Å². The van der Waals surface area contributed by atoms with Gasteiger partial charge in [0.05, 0.1) is 23.7 Å². The maximum absolute atomic E-state index is 13.5. The summed E-state index contributed by atoms with van der Waals surface area (Å²) in [4.78, 5) is 4.00. The summed E-state index contributed by atoms with van der Waals surface area (Å²) in [5.41, 5.74) is 0.679. The van der Waals surface area contributed by atoms with Gasteiger partial charge in [-0.25, -0.2) is 8.78 Å². The van der Waals surface area contributed by atoms with Gasteiger partial charge in [-0.1, -0.05) is 30.3 Å². The molecule has 2 aromatic carbocycles. The van der Waals surface area contributed by atoms with E-state index in [9.17, 15) is 8.78 Å². The van der Waals surface area contributed by atoms with Crippen LogP contribution >= 0.6 is 0 Å². The van der Waals surface area contributed by atoms with Crippen LogP contribution in [0.3, 0.4) is 0 Å². The van der Waals surface area contributed by atoms with E-state index in [1.165, 1.54) is 0 Å². The van der Waals surface area contributed by atoms with E-state index in [2.05, 4.69) is 4.99 Å². The third-order valence-electron chi connectivity index (χ3n) is 2.55. The average Bonchev–Trinajstić information content (AvgIpc) is 2.42. The molecule has 0 spiro atoms. The fraction of sp³-hybridized carbons (Fsp3) is 0.0667. The van der Waals surface area contributed by atoms with E-state index in [0.717, 1.165) is 23.9 Å². The quantitative estimate of drug-likeness (QED) is 0.775. The summed E-state index contributed by atoms with van der Waals surface area (Å²) in [5, 5.41) is 8.59. The van der Waals surface area contributed by atoms with E-state index in [4.69, 9.17) is 5.26 Å². The van der Waals surface area contributed by atoms with Crippen LogP contribution in [-0.4, -0.2) is 6.21 Å².